The van der Waals surface area contributed by atoms with Crippen molar-refractivity contribution in [1.82, 2.24) is 4.90 Å². The topological polar surface area (TPSA) is 15.7 Å². The maximum absolute atomic E-state index is 6.36. The van der Waals surface area contributed by atoms with Gasteiger partial charge in [-0.15, -0.1) is 0 Å². The summed E-state index contributed by atoms with van der Waals surface area (Å²) >= 11 is 0. The molecule has 4 rings (SSSR count). The molecule has 23 heavy (non-hydrogen) atoms. The van der Waals surface area contributed by atoms with Gasteiger partial charge in [-0.2, -0.15) is 0 Å². The van der Waals surface area contributed by atoms with Gasteiger partial charge in [0, 0.05) is 17.6 Å². The first-order chi connectivity index (χ1) is 11.1. The molecular formula is C20H25N2O. The monoisotopic (exact) mass is 309 g/mol. The Kier molecular flexibility index (Phi) is 4.10. The molecule has 2 heterocycles. The second-order valence-electron chi connectivity index (χ2n) is 7.16. The molecular weight excluding hydrogens is 284 g/mol. The van der Waals surface area contributed by atoms with Crippen molar-refractivity contribution in [2.24, 2.45) is 5.92 Å². The Morgan fingerprint density at radius 3 is 2.43 bits per heavy atom. The Morgan fingerprint density at radius 2 is 1.78 bits per heavy atom. The SMILES string of the molecule is Cc1ccc(N2CN3[C@H]([C]4[CH][CH][CH][CH]4)[C@H]2OC[C@H]3C(C)C)cc1. The average molecular weight is 309 g/mol. The smallest absolute Gasteiger partial charge is 0.147 e. The lowest BCUT2D eigenvalue weighted by Crippen LogP contribution is -2.55. The summed E-state index contributed by atoms with van der Waals surface area (Å²) in [7, 11) is 0. The lowest BCUT2D eigenvalue weighted by atomic mass is 9.91. The van der Waals surface area contributed by atoms with Crippen LogP contribution in [0.15, 0.2) is 24.3 Å². The first-order valence-electron chi connectivity index (χ1n) is 8.57. The highest BCUT2D eigenvalue weighted by atomic mass is 16.5. The van der Waals surface area contributed by atoms with Crippen LogP contribution in [0.1, 0.15) is 19.4 Å². The van der Waals surface area contributed by atoms with Gasteiger partial charge in [0.2, 0.25) is 0 Å². The van der Waals surface area contributed by atoms with E-state index in [1.165, 1.54) is 17.2 Å². The highest BCUT2D eigenvalue weighted by Crippen LogP contribution is 2.42. The number of rotatable bonds is 3. The Bertz CT molecular complexity index is 535. The van der Waals surface area contributed by atoms with E-state index < -0.39 is 0 Å². The van der Waals surface area contributed by atoms with Crippen molar-refractivity contribution >= 4 is 5.69 Å². The van der Waals surface area contributed by atoms with E-state index in [1.54, 1.807) is 0 Å². The number of nitrogens with zero attached hydrogens (tertiary/aromatic N) is 2. The third-order valence-electron chi connectivity index (χ3n) is 5.28. The molecule has 1 unspecified atom stereocenters. The molecule has 4 atom stereocenters. The predicted molar refractivity (Wildman–Crippen MR) is 93.0 cm³/mol. The maximum atomic E-state index is 6.36. The third-order valence-corrected chi connectivity index (χ3v) is 5.28. The largest absolute Gasteiger partial charge is 0.355 e. The summed E-state index contributed by atoms with van der Waals surface area (Å²) in [6.45, 7) is 8.48. The van der Waals surface area contributed by atoms with E-state index in [9.17, 15) is 0 Å². The van der Waals surface area contributed by atoms with Crippen LogP contribution < -0.4 is 4.90 Å². The van der Waals surface area contributed by atoms with Crippen LogP contribution in [0, 0.1) is 44.4 Å². The Hall–Kier alpha value is -1.06. The average Bonchev–Trinajstić information content (AvgIpc) is 3.13. The molecule has 1 saturated carbocycles. The number of aryl methyl sites for hydroxylation is 1. The molecule has 2 aliphatic heterocycles. The number of fused-ring (bicyclic) bond motifs is 2. The molecule has 1 aliphatic carbocycles. The molecule has 0 amide bonds. The van der Waals surface area contributed by atoms with Gasteiger partial charge < -0.3 is 9.64 Å². The quantitative estimate of drug-likeness (QED) is 0.852. The van der Waals surface area contributed by atoms with Crippen LogP contribution in [0.2, 0.25) is 0 Å². The summed E-state index contributed by atoms with van der Waals surface area (Å²) in [5, 5.41) is 0. The fourth-order valence-electron chi connectivity index (χ4n) is 3.95. The maximum Gasteiger partial charge on any atom is 0.147 e. The molecule has 2 bridgehead atoms. The second kappa shape index (κ2) is 6.10. The van der Waals surface area contributed by atoms with E-state index >= 15 is 0 Å². The van der Waals surface area contributed by atoms with Gasteiger partial charge >= 0.3 is 0 Å². The van der Waals surface area contributed by atoms with Crippen LogP contribution >= 0.6 is 0 Å². The number of ether oxygens (including phenoxy) is 1. The van der Waals surface area contributed by atoms with Crippen molar-refractivity contribution in [2.75, 3.05) is 18.2 Å². The molecule has 0 aromatic heterocycles. The zero-order chi connectivity index (χ0) is 16.0. The first-order valence-corrected chi connectivity index (χ1v) is 8.57. The Morgan fingerprint density at radius 1 is 1.09 bits per heavy atom. The Labute approximate surface area is 140 Å². The predicted octanol–water partition coefficient (Wildman–Crippen LogP) is 3.23. The van der Waals surface area contributed by atoms with Gasteiger partial charge in [-0.05, 0) is 50.7 Å². The molecule has 3 fully saturated rings. The first kappa shape index (κ1) is 15.5. The number of hydrogen-bond donors (Lipinski definition) is 0. The standard InChI is InChI=1S/C20H25N2O/c1-14(2)18-12-23-20-19(16-6-4-5-7-16)22(18)13-21(20)17-10-8-15(3)9-11-17/h4-11,14,18-20H,12-13H2,1-3H3/t18-,19+,20+/m0/s1. The van der Waals surface area contributed by atoms with Gasteiger partial charge in [-0.25, -0.2) is 0 Å². The summed E-state index contributed by atoms with van der Waals surface area (Å²) < 4.78 is 6.36. The summed E-state index contributed by atoms with van der Waals surface area (Å²) in [6.07, 6.45) is 8.83. The van der Waals surface area contributed by atoms with Gasteiger partial charge in [0.1, 0.15) is 6.23 Å². The molecule has 5 radical (unpaired) electrons. The molecule has 0 N–H and O–H groups in total. The van der Waals surface area contributed by atoms with Crippen molar-refractivity contribution in [3.05, 3.63) is 61.4 Å². The van der Waals surface area contributed by atoms with Crippen molar-refractivity contribution in [2.45, 2.75) is 39.1 Å². The zero-order valence-corrected chi connectivity index (χ0v) is 14.1. The van der Waals surface area contributed by atoms with E-state index in [4.69, 9.17) is 4.74 Å². The van der Waals surface area contributed by atoms with Crippen LogP contribution in [-0.4, -0.2) is 36.5 Å². The van der Waals surface area contributed by atoms with Crippen molar-refractivity contribution in [3.63, 3.8) is 0 Å². The van der Waals surface area contributed by atoms with Crippen LogP contribution in [0.3, 0.4) is 0 Å². The van der Waals surface area contributed by atoms with Gasteiger partial charge in [-0.1, -0.05) is 31.5 Å². The van der Waals surface area contributed by atoms with E-state index in [-0.39, 0.29) is 6.23 Å². The minimum atomic E-state index is 0.107. The van der Waals surface area contributed by atoms with Crippen molar-refractivity contribution in [3.8, 4) is 0 Å². The molecule has 3 heteroatoms. The summed E-state index contributed by atoms with van der Waals surface area (Å²) in [4.78, 5) is 5.05. The Balaban J connectivity index is 1.64. The minimum absolute atomic E-state index is 0.107. The highest BCUT2D eigenvalue weighted by molar-refractivity contribution is 5.52. The molecule has 3 aliphatic rings. The lowest BCUT2D eigenvalue weighted by molar-refractivity contribution is -0.0614. The fourth-order valence-corrected chi connectivity index (χ4v) is 3.95. The molecule has 1 aromatic rings. The number of hydrogen-bond acceptors (Lipinski definition) is 3. The molecule has 1 aromatic carbocycles. The number of morpholine rings is 1. The summed E-state index contributed by atoms with van der Waals surface area (Å²) in [5.74, 6) is 1.96. The van der Waals surface area contributed by atoms with Gasteiger partial charge in [0.15, 0.2) is 0 Å². The van der Waals surface area contributed by atoms with Crippen molar-refractivity contribution < 1.29 is 4.74 Å². The lowest BCUT2D eigenvalue weighted by Gasteiger charge is -2.42. The van der Waals surface area contributed by atoms with Gasteiger partial charge in [-0.3, -0.25) is 4.90 Å². The summed E-state index contributed by atoms with van der Waals surface area (Å²) in [5.41, 5.74) is 2.55. The zero-order valence-electron chi connectivity index (χ0n) is 14.1. The molecule has 121 valence electrons. The van der Waals surface area contributed by atoms with Gasteiger partial charge in [0.05, 0.1) is 19.3 Å². The van der Waals surface area contributed by atoms with Gasteiger partial charge in [0.25, 0.3) is 0 Å². The fraction of sp³-hybridized carbons (Fsp3) is 0.450. The normalized spacial score (nSPS) is 34.5. The van der Waals surface area contributed by atoms with E-state index in [1.807, 2.05) is 0 Å². The van der Waals surface area contributed by atoms with Crippen LogP contribution in [0.25, 0.3) is 0 Å². The molecule has 3 nitrogen and oxygen atoms in total. The van der Waals surface area contributed by atoms with Crippen LogP contribution in [0.4, 0.5) is 5.69 Å². The minimum Gasteiger partial charge on any atom is -0.355 e. The van der Waals surface area contributed by atoms with Crippen LogP contribution in [-0.2, 0) is 4.74 Å². The van der Waals surface area contributed by atoms with E-state index in [0.29, 0.717) is 18.0 Å². The number of anilines is 1. The van der Waals surface area contributed by atoms with E-state index in [2.05, 4.69) is 80.5 Å². The summed E-state index contributed by atoms with van der Waals surface area (Å²) in [6, 6.07) is 9.60. The van der Waals surface area contributed by atoms with Crippen molar-refractivity contribution in [1.29, 1.82) is 0 Å². The highest BCUT2D eigenvalue weighted by Gasteiger charge is 2.52. The third kappa shape index (κ3) is 2.68. The number of benzene rings is 1. The van der Waals surface area contributed by atoms with Crippen LogP contribution in [0.5, 0.6) is 0 Å². The second-order valence-corrected chi connectivity index (χ2v) is 7.16. The molecule has 2 saturated heterocycles. The van der Waals surface area contributed by atoms with E-state index in [0.717, 1.165) is 13.3 Å². The molecule has 0 spiro atoms.